The van der Waals surface area contributed by atoms with Crippen LogP contribution in [-0.4, -0.2) is 12.5 Å². The Balaban J connectivity index is 2.27. The Labute approximate surface area is 126 Å². The van der Waals surface area contributed by atoms with Gasteiger partial charge in [0.2, 0.25) is 0 Å². The number of anilines is 1. The van der Waals surface area contributed by atoms with E-state index in [0.717, 1.165) is 16.7 Å². The second kappa shape index (κ2) is 6.44. The Morgan fingerprint density at radius 2 is 1.71 bits per heavy atom. The lowest BCUT2D eigenvalue weighted by atomic mass is 10.1. The van der Waals surface area contributed by atoms with Gasteiger partial charge in [-0.3, -0.25) is 4.79 Å². The molecular formula is C18H21NO2. The van der Waals surface area contributed by atoms with Crippen LogP contribution in [-0.2, 0) is 0 Å². The quantitative estimate of drug-likeness (QED) is 0.910. The highest BCUT2D eigenvalue weighted by Crippen LogP contribution is 2.26. The molecular weight excluding hydrogens is 262 g/mol. The molecule has 0 unspecified atom stereocenters. The molecule has 0 atom stereocenters. The van der Waals surface area contributed by atoms with Crippen LogP contribution in [0.2, 0.25) is 0 Å². The van der Waals surface area contributed by atoms with Gasteiger partial charge in [-0.2, -0.15) is 0 Å². The number of nitrogens with one attached hydrogen (secondary N) is 1. The van der Waals surface area contributed by atoms with Crippen molar-refractivity contribution >= 4 is 11.6 Å². The zero-order valence-electron chi connectivity index (χ0n) is 13.0. The Morgan fingerprint density at radius 3 is 2.38 bits per heavy atom. The topological polar surface area (TPSA) is 38.3 Å². The van der Waals surface area contributed by atoms with E-state index < -0.39 is 0 Å². The van der Waals surface area contributed by atoms with Crippen LogP contribution in [0.1, 0.15) is 34.0 Å². The molecule has 3 nitrogen and oxygen atoms in total. The van der Waals surface area contributed by atoms with E-state index in [2.05, 4.69) is 5.32 Å². The maximum Gasteiger partial charge on any atom is 0.256 e. The van der Waals surface area contributed by atoms with E-state index in [9.17, 15) is 4.79 Å². The van der Waals surface area contributed by atoms with E-state index in [1.54, 1.807) is 0 Å². The van der Waals surface area contributed by atoms with E-state index in [-0.39, 0.29) is 5.91 Å². The van der Waals surface area contributed by atoms with Gasteiger partial charge in [0.15, 0.2) is 0 Å². The van der Waals surface area contributed by atoms with Crippen molar-refractivity contribution in [2.75, 3.05) is 11.9 Å². The molecule has 3 heteroatoms. The van der Waals surface area contributed by atoms with Crippen LogP contribution in [0.5, 0.6) is 5.75 Å². The molecule has 110 valence electrons. The molecule has 1 N–H and O–H groups in total. The Kier molecular flexibility index (Phi) is 4.63. The average molecular weight is 283 g/mol. The minimum absolute atomic E-state index is 0.114. The summed E-state index contributed by atoms with van der Waals surface area (Å²) >= 11 is 0. The summed E-state index contributed by atoms with van der Waals surface area (Å²) in [6.45, 7) is 8.45. The standard InChI is InChI=1S/C18H21NO2/c1-5-21-17-11-13(3)7-9-16(17)19-18(20)15-8-6-12(2)10-14(15)4/h6-11H,5H2,1-4H3,(H,19,20). The first-order chi connectivity index (χ1) is 10.0. The van der Waals surface area contributed by atoms with Gasteiger partial charge >= 0.3 is 0 Å². The van der Waals surface area contributed by atoms with Crippen molar-refractivity contribution in [1.29, 1.82) is 0 Å². The summed E-state index contributed by atoms with van der Waals surface area (Å²) in [6.07, 6.45) is 0. The van der Waals surface area contributed by atoms with Crippen LogP contribution in [0, 0.1) is 20.8 Å². The summed E-state index contributed by atoms with van der Waals surface area (Å²) in [7, 11) is 0. The lowest BCUT2D eigenvalue weighted by Gasteiger charge is -2.13. The zero-order valence-corrected chi connectivity index (χ0v) is 13.0. The van der Waals surface area contributed by atoms with Gasteiger partial charge in [-0.05, 0) is 57.0 Å². The predicted octanol–water partition coefficient (Wildman–Crippen LogP) is 4.26. The minimum atomic E-state index is -0.114. The molecule has 0 fully saturated rings. The van der Waals surface area contributed by atoms with Gasteiger partial charge in [0.25, 0.3) is 5.91 Å². The molecule has 0 heterocycles. The number of hydrogen-bond donors (Lipinski definition) is 1. The molecule has 0 aliphatic heterocycles. The largest absolute Gasteiger partial charge is 0.492 e. The molecule has 0 saturated heterocycles. The second-order valence-corrected chi connectivity index (χ2v) is 5.21. The molecule has 0 spiro atoms. The fourth-order valence-electron chi connectivity index (χ4n) is 2.27. The molecule has 0 aliphatic carbocycles. The fourth-order valence-corrected chi connectivity index (χ4v) is 2.27. The minimum Gasteiger partial charge on any atom is -0.492 e. The summed E-state index contributed by atoms with van der Waals surface area (Å²) in [5, 5.41) is 2.94. The van der Waals surface area contributed by atoms with Gasteiger partial charge in [-0.15, -0.1) is 0 Å². The highest BCUT2D eigenvalue weighted by molar-refractivity contribution is 6.06. The summed E-state index contributed by atoms with van der Waals surface area (Å²) in [5.41, 5.74) is 4.60. The molecule has 0 aliphatic rings. The first-order valence-corrected chi connectivity index (χ1v) is 7.13. The zero-order chi connectivity index (χ0) is 15.4. The van der Waals surface area contributed by atoms with Gasteiger partial charge in [0.05, 0.1) is 12.3 Å². The average Bonchev–Trinajstić information content (AvgIpc) is 2.42. The number of ether oxygens (including phenoxy) is 1. The van der Waals surface area contributed by atoms with E-state index >= 15 is 0 Å². The van der Waals surface area contributed by atoms with E-state index in [4.69, 9.17) is 4.74 Å². The van der Waals surface area contributed by atoms with Crippen molar-refractivity contribution in [3.63, 3.8) is 0 Å². The van der Waals surface area contributed by atoms with Crippen molar-refractivity contribution in [3.8, 4) is 5.75 Å². The van der Waals surface area contributed by atoms with Crippen LogP contribution < -0.4 is 10.1 Å². The highest BCUT2D eigenvalue weighted by atomic mass is 16.5. The van der Waals surface area contributed by atoms with Crippen molar-refractivity contribution in [1.82, 2.24) is 0 Å². The van der Waals surface area contributed by atoms with E-state index in [1.807, 2.05) is 64.1 Å². The Bertz CT molecular complexity index is 662. The molecule has 0 saturated carbocycles. The first-order valence-electron chi connectivity index (χ1n) is 7.13. The third kappa shape index (κ3) is 3.63. The number of carbonyl (C=O) groups excluding carboxylic acids is 1. The van der Waals surface area contributed by atoms with Gasteiger partial charge in [-0.1, -0.05) is 23.8 Å². The first kappa shape index (κ1) is 15.1. The van der Waals surface area contributed by atoms with Crippen molar-refractivity contribution in [2.24, 2.45) is 0 Å². The molecule has 2 rings (SSSR count). The van der Waals surface area contributed by atoms with Gasteiger partial charge in [0, 0.05) is 5.56 Å². The number of amides is 1. The Morgan fingerprint density at radius 1 is 1.05 bits per heavy atom. The van der Waals surface area contributed by atoms with E-state index in [1.165, 1.54) is 0 Å². The maximum absolute atomic E-state index is 12.4. The predicted molar refractivity (Wildman–Crippen MR) is 86.2 cm³/mol. The summed E-state index contributed by atoms with van der Waals surface area (Å²) < 4.78 is 5.59. The fraction of sp³-hybridized carbons (Fsp3) is 0.278. The van der Waals surface area contributed by atoms with Gasteiger partial charge < -0.3 is 10.1 Å². The molecule has 21 heavy (non-hydrogen) atoms. The van der Waals surface area contributed by atoms with Gasteiger partial charge in [-0.25, -0.2) is 0 Å². The smallest absolute Gasteiger partial charge is 0.256 e. The molecule has 2 aromatic carbocycles. The van der Waals surface area contributed by atoms with Crippen LogP contribution in [0.15, 0.2) is 36.4 Å². The Hall–Kier alpha value is -2.29. The van der Waals surface area contributed by atoms with Crippen molar-refractivity contribution in [2.45, 2.75) is 27.7 Å². The summed E-state index contributed by atoms with van der Waals surface area (Å²) in [6, 6.07) is 11.6. The normalized spacial score (nSPS) is 10.3. The summed E-state index contributed by atoms with van der Waals surface area (Å²) in [4.78, 5) is 12.4. The highest BCUT2D eigenvalue weighted by Gasteiger charge is 2.12. The van der Waals surface area contributed by atoms with E-state index in [0.29, 0.717) is 23.6 Å². The number of aryl methyl sites for hydroxylation is 3. The number of benzene rings is 2. The van der Waals surface area contributed by atoms with Crippen molar-refractivity contribution in [3.05, 3.63) is 58.7 Å². The molecule has 0 radical (unpaired) electrons. The SMILES string of the molecule is CCOc1cc(C)ccc1NC(=O)c1ccc(C)cc1C. The molecule has 1 amide bonds. The van der Waals surface area contributed by atoms with Crippen LogP contribution in [0.3, 0.4) is 0 Å². The lowest BCUT2D eigenvalue weighted by molar-refractivity contribution is 0.102. The van der Waals surface area contributed by atoms with Crippen LogP contribution in [0.25, 0.3) is 0 Å². The maximum atomic E-state index is 12.4. The molecule has 0 aromatic heterocycles. The van der Waals surface area contributed by atoms with Gasteiger partial charge in [0.1, 0.15) is 5.75 Å². The monoisotopic (exact) mass is 283 g/mol. The van der Waals surface area contributed by atoms with Crippen LogP contribution in [0.4, 0.5) is 5.69 Å². The third-order valence-corrected chi connectivity index (χ3v) is 3.31. The summed E-state index contributed by atoms with van der Waals surface area (Å²) in [5.74, 6) is 0.591. The van der Waals surface area contributed by atoms with Crippen molar-refractivity contribution < 1.29 is 9.53 Å². The second-order valence-electron chi connectivity index (χ2n) is 5.21. The lowest BCUT2D eigenvalue weighted by Crippen LogP contribution is -2.14. The molecule has 0 bridgehead atoms. The number of carbonyl (C=O) groups is 1. The third-order valence-electron chi connectivity index (χ3n) is 3.31. The number of rotatable bonds is 4. The molecule has 2 aromatic rings. The number of hydrogen-bond acceptors (Lipinski definition) is 2. The van der Waals surface area contributed by atoms with Crippen LogP contribution >= 0.6 is 0 Å².